The first-order chi connectivity index (χ1) is 16.0. The van der Waals surface area contributed by atoms with E-state index in [9.17, 15) is 9.59 Å². The minimum Gasteiger partial charge on any atom is -0.467 e. The van der Waals surface area contributed by atoms with Crippen molar-refractivity contribution in [2.75, 3.05) is 12.4 Å². The predicted molar refractivity (Wildman–Crippen MR) is 127 cm³/mol. The van der Waals surface area contributed by atoms with Gasteiger partial charge in [0.05, 0.1) is 19.2 Å². The number of esters is 1. The number of para-hydroxylation sites is 1. The van der Waals surface area contributed by atoms with Crippen molar-refractivity contribution < 1.29 is 14.3 Å². The maximum atomic E-state index is 12.4. The number of nitrogens with zero attached hydrogens (tertiary/aromatic N) is 2. The highest BCUT2D eigenvalue weighted by Gasteiger charge is 2.39. The highest BCUT2D eigenvalue weighted by molar-refractivity contribution is 5.91. The Morgan fingerprint density at radius 3 is 2.52 bits per heavy atom. The Hall–Kier alpha value is -3.68. The summed E-state index contributed by atoms with van der Waals surface area (Å²) in [5, 5.41) is 9.87. The summed E-state index contributed by atoms with van der Waals surface area (Å²) in [6.45, 7) is 4.04. The van der Waals surface area contributed by atoms with Crippen LogP contribution in [-0.4, -0.2) is 41.2 Å². The molecule has 1 heterocycles. The lowest BCUT2D eigenvalue weighted by atomic mass is 10.0. The van der Waals surface area contributed by atoms with E-state index in [0.29, 0.717) is 17.6 Å². The summed E-state index contributed by atoms with van der Waals surface area (Å²) >= 11 is 0. The molecule has 2 amide bonds. The topological polar surface area (TPSA) is 105 Å². The van der Waals surface area contributed by atoms with Gasteiger partial charge in [0.15, 0.2) is 5.82 Å². The van der Waals surface area contributed by atoms with E-state index in [4.69, 9.17) is 4.74 Å². The second-order valence-corrected chi connectivity index (χ2v) is 8.58. The van der Waals surface area contributed by atoms with Gasteiger partial charge in [-0.2, -0.15) is 0 Å². The number of anilines is 1. The molecule has 0 spiro atoms. The number of amides is 2. The third-order valence-electron chi connectivity index (χ3n) is 5.81. The van der Waals surface area contributed by atoms with Gasteiger partial charge in [-0.05, 0) is 30.0 Å². The summed E-state index contributed by atoms with van der Waals surface area (Å²) in [4.78, 5) is 33.8. The lowest BCUT2D eigenvalue weighted by Crippen LogP contribution is -2.37. The average Bonchev–Trinajstić information content (AvgIpc) is 3.60. The van der Waals surface area contributed by atoms with E-state index in [1.54, 1.807) is 0 Å². The van der Waals surface area contributed by atoms with Crippen LogP contribution in [0.5, 0.6) is 0 Å². The van der Waals surface area contributed by atoms with Crippen LogP contribution in [0.15, 0.2) is 54.6 Å². The fraction of sp³-hybridized carbons (Fsp3) is 0.360. The van der Waals surface area contributed by atoms with Crippen LogP contribution in [0.2, 0.25) is 0 Å². The zero-order valence-electron chi connectivity index (χ0n) is 19.0. The molecule has 33 heavy (non-hydrogen) atoms. The maximum Gasteiger partial charge on any atom is 0.328 e. The van der Waals surface area contributed by atoms with Gasteiger partial charge in [0.1, 0.15) is 11.9 Å². The molecule has 1 aliphatic rings. The lowest BCUT2D eigenvalue weighted by molar-refractivity contribution is -0.142. The normalized spacial score (nSPS) is 17.9. The molecule has 1 saturated carbocycles. The van der Waals surface area contributed by atoms with Gasteiger partial charge >= 0.3 is 12.0 Å². The number of aromatic nitrogens is 2. The molecule has 0 saturated heterocycles. The second kappa shape index (κ2) is 9.85. The molecule has 1 aromatic heterocycles. The number of fused-ring (bicyclic) bond motifs is 1. The molecular weight excluding hydrogens is 418 g/mol. The number of benzene rings is 2. The van der Waals surface area contributed by atoms with Crippen LogP contribution in [0.25, 0.3) is 10.9 Å². The van der Waals surface area contributed by atoms with Crippen molar-refractivity contribution in [3.63, 3.8) is 0 Å². The molecule has 1 aliphatic carbocycles. The molecule has 8 nitrogen and oxygen atoms in total. The molecule has 2 aromatic carbocycles. The van der Waals surface area contributed by atoms with Crippen LogP contribution in [0.3, 0.4) is 0 Å². The summed E-state index contributed by atoms with van der Waals surface area (Å²) in [5.41, 5.74) is 1.97. The number of rotatable bonds is 8. The predicted octanol–water partition coefficient (Wildman–Crippen LogP) is 3.59. The van der Waals surface area contributed by atoms with Gasteiger partial charge < -0.3 is 20.7 Å². The average molecular weight is 448 g/mol. The molecule has 1 fully saturated rings. The summed E-state index contributed by atoms with van der Waals surface area (Å²) in [5.74, 6) is 0.983. The first kappa shape index (κ1) is 22.5. The largest absolute Gasteiger partial charge is 0.467 e. The lowest BCUT2D eigenvalue weighted by Gasteiger charge is -2.21. The van der Waals surface area contributed by atoms with Crippen LogP contribution < -0.4 is 16.0 Å². The molecule has 3 atom stereocenters. The number of ether oxygens (including phenoxy) is 1. The van der Waals surface area contributed by atoms with Crippen LogP contribution in [0, 0.1) is 5.92 Å². The number of carbonyl (C=O) groups is 2. The number of hydrogen-bond donors (Lipinski definition) is 3. The van der Waals surface area contributed by atoms with Crippen molar-refractivity contribution in [3.05, 3.63) is 66.0 Å². The van der Waals surface area contributed by atoms with Crippen molar-refractivity contribution in [2.45, 2.75) is 44.8 Å². The van der Waals surface area contributed by atoms with E-state index in [1.807, 2.05) is 56.3 Å². The minimum atomic E-state index is -0.554. The Morgan fingerprint density at radius 2 is 1.79 bits per heavy atom. The molecule has 172 valence electrons. The Morgan fingerprint density at radius 1 is 1.06 bits per heavy atom. The molecule has 0 aliphatic heterocycles. The monoisotopic (exact) mass is 447 g/mol. The number of methoxy groups -OCH3 is 1. The third kappa shape index (κ3) is 5.39. The quantitative estimate of drug-likeness (QED) is 0.456. The Labute approximate surface area is 193 Å². The van der Waals surface area contributed by atoms with Gasteiger partial charge in [0, 0.05) is 17.3 Å². The van der Waals surface area contributed by atoms with Crippen molar-refractivity contribution in [1.29, 1.82) is 0 Å². The van der Waals surface area contributed by atoms with Crippen LogP contribution in [-0.2, 0) is 16.1 Å². The van der Waals surface area contributed by atoms with E-state index in [0.717, 1.165) is 17.3 Å². The molecular formula is C25H29N5O3. The minimum absolute atomic E-state index is 0.00497. The molecule has 0 bridgehead atoms. The summed E-state index contributed by atoms with van der Waals surface area (Å²) in [7, 11) is 1.37. The van der Waals surface area contributed by atoms with E-state index in [1.165, 1.54) is 12.7 Å². The summed E-state index contributed by atoms with van der Waals surface area (Å²) < 4.78 is 4.94. The molecule has 3 aromatic rings. The Kier molecular flexibility index (Phi) is 6.72. The maximum absolute atomic E-state index is 12.4. The zero-order chi connectivity index (χ0) is 23.4. The SMILES string of the molecule is COC(=O)[C@@H](Nc1nc(CNC(=O)NC2C[C@H]2c2ccccc2)nc2ccccc12)C(C)C. The van der Waals surface area contributed by atoms with Crippen molar-refractivity contribution in [1.82, 2.24) is 20.6 Å². The van der Waals surface area contributed by atoms with Crippen LogP contribution in [0.1, 0.15) is 37.6 Å². The number of urea groups is 1. The first-order valence-corrected chi connectivity index (χ1v) is 11.2. The first-order valence-electron chi connectivity index (χ1n) is 11.2. The van der Waals surface area contributed by atoms with Gasteiger partial charge in [-0.1, -0.05) is 56.3 Å². The van der Waals surface area contributed by atoms with Crippen molar-refractivity contribution in [2.24, 2.45) is 5.92 Å². The van der Waals surface area contributed by atoms with Gasteiger partial charge in [0.25, 0.3) is 0 Å². The molecule has 1 unspecified atom stereocenters. The van der Waals surface area contributed by atoms with E-state index >= 15 is 0 Å². The number of carbonyl (C=O) groups excluding carboxylic acids is 2. The zero-order valence-corrected chi connectivity index (χ0v) is 19.0. The van der Waals surface area contributed by atoms with Gasteiger partial charge in [0.2, 0.25) is 0 Å². The third-order valence-corrected chi connectivity index (χ3v) is 5.81. The number of hydrogen-bond acceptors (Lipinski definition) is 6. The van der Waals surface area contributed by atoms with Crippen LogP contribution >= 0.6 is 0 Å². The second-order valence-electron chi connectivity index (χ2n) is 8.58. The Bertz CT molecular complexity index is 1140. The highest BCUT2D eigenvalue weighted by atomic mass is 16.5. The smallest absolute Gasteiger partial charge is 0.328 e. The summed E-state index contributed by atoms with van der Waals surface area (Å²) in [6.07, 6.45) is 0.933. The van der Waals surface area contributed by atoms with Gasteiger partial charge in [-0.25, -0.2) is 19.6 Å². The number of nitrogens with one attached hydrogen (secondary N) is 3. The van der Waals surface area contributed by atoms with Crippen molar-refractivity contribution in [3.8, 4) is 0 Å². The van der Waals surface area contributed by atoms with E-state index < -0.39 is 6.04 Å². The summed E-state index contributed by atoms with van der Waals surface area (Å²) in [6, 6.07) is 17.1. The van der Waals surface area contributed by atoms with E-state index in [2.05, 4.69) is 38.1 Å². The Balaban J connectivity index is 1.43. The van der Waals surface area contributed by atoms with Gasteiger partial charge in [-0.15, -0.1) is 0 Å². The fourth-order valence-corrected chi connectivity index (χ4v) is 3.89. The van der Waals surface area contributed by atoms with Crippen molar-refractivity contribution >= 4 is 28.7 Å². The molecule has 4 rings (SSSR count). The fourth-order valence-electron chi connectivity index (χ4n) is 3.89. The standard InChI is InChI=1S/C25H29N5O3/c1-15(2)22(24(31)33-3)30-23-17-11-7-8-12-19(17)27-21(29-23)14-26-25(32)28-20-13-18(20)16-9-5-4-6-10-16/h4-12,15,18,20,22H,13-14H2,1-3H3,(H2,26,28,32)(H,27,29,30)/t18-,20?,22-/m0/s1. The highest BCUT2D eigenvalue weighted by Crippen LogP contribution is 2.40. The molecule has 8 heteroatoms. The van der Waals surface area contributed by atoms with E-state index in [-0.39, 0.29) is 30.5 Å². The van der Waals surface area contributed by atoms with Gasteiger partial charge in [-0.3, -0.25) is 0 Å². The molecule has 3 N–H and O–H groups in total. The van der Waals surface area contributed by atoms with Crippen LogP contribution in [0.4, 0.5) is 10.6 Å². The molecule has 0 radical (unpaired) electrons.